The van der Waals surface area contributed by atoms with Crippen molar-refractivity contribution in [3.63, 3.8) is 0 Å². The standard InChI is InChI=1S/C19H23NS/c1-20(2)12-16-13-7-9-14(10-8-13)19(16)18-11-15-5-3-4-6-17(15)21-18/h3-6,11,13-14H,7-10,12H2,1-2H3. The van der Waals surface area contributed by atoms with Gasteiger partial charge in [0.05, 0.1) is 0 Å². The van der Waals surface area contributed by atoms with Crippen molar-refractivity contribution in [3.8, 4) is 0 Å². The van der Waals surface area contributed by atoms with E-state index >= 15 is 0 Å². The number of hydrogen-bond donors (Lipinski definition) is 0. The first kappa shape index (κ1) is 13.5. The van der Waals surface area contributed by atoms with Crippen LogP contribution in [0, 0.1) is 11.8 Å². The van der Waals surface area contributed by atoms with Crippen molar-refractivity contribution in [1.82, 2.24) is 4.90 Å². The van der Waals surface area contributed by atoms with Crippen LogP contribution in [0.15, 0.2) is 35.9 Å². The molecule has 0 aliphatic heterocycles. The van der Waals surface area contributed by atoms with E-state index in [2.05, 4.69) is 49.3 Å². The van der Waals surface area contributed by atoms with Crippen LogP contribution in [0.3, 0.4) is 0 Å². The minimum atomic E-state index is 0.818. The molecule has 0 radical (unpaired) electrons. The minimum Gasteiger partial charge on any atom is -0.305 e. The first-order valence-corrected chi connectivity index (χ1v) is 8.90. The SMILES string of the molecule is CN(C)CC1=C(c2cc3ccccc3s2)C2CCC1CC2. The molecule has 0 saturated heterocycles. The summed E-state index contributed by atoms with van der Waals surface area (Å²) in [5.41, 5.74) is 3.46. The lowest BCUT2D eigenvalue weighted by Gasteiger charge is -2.41. The number of hydrogen-bond acceptors (Lipinski definition) is 2. The van der Waals surface area contributed by atoms with E-state index in [9.17, 15) is 0 Å². The smallest absolute Gasteiger partial charge is 0.0349 e. The van der Waals surface area contributed by atoms with Crippen molar-refractivity contribution in [2.24, 2.45) is 11.8 Å². The number of rotatable bonds is 3. The van der Waals surface area contributed by atoms with Gasteiger partial charge in [-0.2, -0.15) is 0 Å². The van der Waals surface area contributed by atoms with Gasteiger partial charge in [-0.15, -0.1) is 11.3 Å². The molecule has 21 heavy (non-hydrogen) atoms. The molecular formula is C19H23NS. The van der Waals surface area contributed by atoms with E-state index in [4.69, 9.17) is 0 Å². The summed E-state index contributed by atoms with van der Waals surface area (Å²) in [6.45, 7) is 1.14. The third-order valence-corrected chi connectivity index (χ3v) is 6.30. The second kappa shape index (κ2) is 5.26. The van der Waals surface area contributed by atoms with Crippen LogP contribution >= 0.6 is 11.3 Å². The Morgan fingerprint density at radius 1 is 1.05 bits per heavy atom. The summed E-state index contributed by atoms with van der Waals surface area (Å²) in [5, 5.41) is 1.41. The van der Waals surface area contributed by atoms with Crippen molar-refractivity contribution in [2.75, 3.05) is 20.6 Å². The van der Waals surface area contributed by atoms with Gasteiger partial charge in [-0.1, -0.05) is 18.2 Å². The number of nitrogens with zero attached hydrogens (tertiary/aromatic N) is 1. The number of fused-ring (bicyclic) bond motifs is 3. The molecule has 0 N–H and O–H groups in total. The molecule has 1 aromatic carbocycles. The summed E-state index contributed by atoms with van der Waals surface area (Å²) < 4.78 is 1.44. The van der Waals surface area contributed by atoms with Crippen molar-refractivity contribution in [3.05, 3.63) is 40.8 Å². The molecule has 3 aliphatic rings. The molecule has 1 saturated carbocycles. The van der Waals surface area contributed by atoms with Gasteiger partial charge in [-0.25, -0.2) is 0 Å². The van der Waals surface area contributed by atoms with Crippen LogP contribution < -0.4 is 0 Å². The third kappa shape index (κ3) is 2.35. The van der Waals surface area contributed by atoms with Crippen LogP contribution in [0.4, 0.5) is 0 Å². The summed E-state index contributed by atoms with van der Waals surface area (Å²) in [5.74, 6) is 1.66. The fourth-order valence-corrected chi connectivity index (χ4v) is 5.46. The summed E-state index contributed by atoms with van der Waals surface area (Å²) in [6.07, 6.45) is 5.65. The Hall–Kier alpha value is -1.12. The summed E-state index contributed by atoms with van der Waals surface area (Å²) >= 11 is 2.00. The van der Waals surface area contributed by atoms with Crippen LogP contribution in [0.2, 0.25) is 0 Å². The molecule has 2 bridgehead atoms. The van der Waals surface area contributed by atoms with Crippen LogP contribution in [-0.4, -0.2) is 25.5 Å². The summed E-state index contributed by atoms with van der Waals surface area (Å²) in [4.78, 5) is 3.89. The van der Waals surface area contributed by atoms with Crippen molar-refractivity contribution >= 4 is 27.0 Å². The Balaban J connectivity index is 1.85. The lowest BCUT2D eigenvalue weighted by atomic mass is 9.66. The topological polar surface area (TPSA) is 3.24 Å². The Labute approximate surface area is 131 Å². The second-order valence-electron chi connectivity index (χ2n) is 6.87. The van der Waals surface area contributed by atoms with Gasteiger partial charge < -0.3 is 4.90 Å². The van der Waals surface area contributed by atoms with E-state index in [1.807, 2.05) is 11.3 Å². The highest BCUT2D eigenvalue weighted by Crippen LogP contribution is 2.51. The van der Waals surface area contributed by atoms with E-state index in [1.165, 1.54) is 35.8 Å². The van der Waals surface area contributed by atoms with Gasteiger partial charge in [0.15, 0.2) is 0 Å². The molecule has 5 rings (SSSR count). The van der Waals surface area contributed by atoms with Gasteiger partial charge in [-0.05, 0) is 80.3 Å². The Morgan fingerprint density at radius 3 is 2.48 bits per heavy atom. The molecule has 1 fully saturated rings. The Kier molecular flexibility index (Phi) is 3.39. The predicted molar refractivity (Wildman–Crippen MR) is 92.7 cm³/mol. The molecule has 1 aromatic heterocycles. The molecule has 1 nitrogen and oxygen atoms in total. The van der Waals surface area contributed by atoms with Gasteiger partial charge in [0.2, 0.25) is 0 Å². The van der Waals surface area contributed by atoms with Crippen LogP contribution in [-0.2, 0) is 0 Å². The molecule has 110 valence electrons. The van der Waals surface area contributed by atoms with Crippen LogP contribution in [0.25, 0.3) is 15.7 Å². The monoisotopic (exact) mass is 297 g/mol. The maximum absolute atomic E-state index is 2.44. The number of allylic oxidation sites excluding steroid dienone is 1. The lowest BCUT2D eigenvalue weighted by molar-refractivity contribution is 0.300. The van der Waals surface area contributed by atoms with E-state index < -0.39 is 0 Å². The largest absolute Gasteiger partial charge is 0.305 e. The molecule has 0 spiro atoms. The number of benzene rings is 1. The zero-order valence-corrected chi connectivity index (χ0v) is 13.7. The van der Waals surface area contributed by atoms with Crippen molar-refractivity contribution < 1.29 is 0 Å². The van der Waals surface area contributed by atoms with Crippen molar-refractivity contribution in [2.45, 2.75) is 25.7 Å². The first-order chi connectivity index (χ1) is 10.2. The third-order valence-electron chi connectivity index (χ3n) is 5.15. The van der Waals surface area contributed by atoms with Gasteiger partial charge in [0.25, 0.3) is 0 Å². The molecule has 2 aromatic rings. The normalized spacial score (nSPS) is 25.3. The molecule has 3 aliphatic carbocycles. The molecule has 1 heterocycles. The highest BCUT2D eigenvalue weighted by atomic mass is 32.1. The average molecular weight is 297 g/mol. The van der Waals surface area contributed by atoms with E-state index in [0.29, 0.717) is 0 Å². The molecular weight excluding hydrogens is 274 g/mol. The number of likely N-dealkylation sites (N-methyl/N-ethyl adjacent to an activating group) is 1. The zero-order valence-electron chi connectivity index (χ0n) is 12.9. The zero-order chi connectivity index (χ0) is 14.4. The highest BCUT2D eigenvalue weighted by Gasteiger charge is 2.36. The van der Waals surface area contributed by atoms with E-state index in [-0.39, 0.29) is 0 Å². The highest BCUT2D eigenvalue weighted by molar-refractivity contribution is 7.20. The fourth-order valence-electron chi connectivity index (χ4n) is 4.24. The summed E-state index contributed by atoms with van der Waals surface area (Å²) in [6, 6.07) is 11.3. The van der Waals surface area contributed by atoms with Gasteiger partial charge >= 0.3 is 0 Å². The first-order valence-electron chi connectivity index (χ1n) is 8.09. The molecule has 0 amide bonds. The van der Waals surface area contributed by atoms with E-state index in [1.54, 1.807) is 16.0 Å². The van der Waals surface area contributed by atoms with Crippen molar-refractivity contribution in [1.29, 1.82) is 0 Å². The second-order valence-corrected chi connectivity index (χ2v) is 7.96. The van der Waals surface area contributed by atoms with Gasteiger partial charge in [0, 0.05) is 16.1 Å². The molecule has 0 unspecified atom stereocenters. The van der Waals surface area contributed by atoms with Crippen LogP contribution in [0.1, 0.15) is 30.6 Å². The molecule has 2 heteroatoms. The van der Waals surface area contributed by atoms with Crippen LogP contribution in [0.5, 0.6) is 0 Å². The fraction of sp³-hybridized carbons (Fsp3) is 0.474. The Morgan fingerprint density at radius 2 is 1.76 bits per heavy atom. The average Bonchev–Trinajstić information content (AvgIpc) is 2.91. The van der Waals surface area contributed by atoms with E-state index in [0.717, 1.165) is 18.4 Å². The quantitative estimate of drug-likeness (QED) is 0.767. The summed E-state index contributed by atoms with van der Waals surface area (Å²) in [7, 11) is 4.41. The van der Waals surface area contributed by atoms with Gasteiger partial charge in [-0.3, -0.25) is 0 Å². The number of thiophene rings is 1. The van der Waals surface area contributed by atoms with Gasteiger partial charge in [0.1, 0.15) is 0 Å². The Bertz CT molecular complexity index is 653. The molecule has 0 atom stereocenters. The maximum Gasteiger partial charge on any atom is 0.0349 e. The minimum absolute atomic E-state index is 0.818. The lowest BCUT2D eigenvalue weighted by Crippen LogP contribution is -2.30. The maximum atomic E-state index is 2.44. The predicted octanol–water partition coefficient (Wildman–Crippen LogP) is 5.04.